The number of nitrogens with zero attached hydrogens (tertiary/aromatic N) is 3. The fourth-order valence-corrected chi connectivity index (χ4v) is 4.23. The number of carbonyl (C=O) groups excluding carboxylic acids is 1. The molecule has 0 aliphatic carbocycles. The van der Waals surface area contributed by atoms with E-state index < -0.39 is 14.9 Å². The number of nitro groups is 1. The lowest BCUT2D eigenvalue weighted by atomic mass is 10.1. The van der Waals surface area contributed by atoms with Crippen LogP contribution in [0.5, 0.6) is 0 Å². The maximum absolute atomic E-state index is 12.6. The molecule has 0 aliphatic rings. The maximum atomic E-state index is 12.6. The van der Waals surface area contributed by atoms with Gasteiger partial charge in [-0.1, -0.05) is 13.8 Å². The molecule has 0 fully saturated rings. The molecule has 0 bridgehead atoms. The Hall–Kier alpha value is -2.98. The first kappa shape index (κ1) is 22.3. The Morgan fingerprint density at radius 2 is 1.66 bits per heavy atom. The Balaban J connectivity index is 2.37. The average molecular weight is 420 g/mol. The van der Waals surface area contributed by atoms with Crippen molar-refractivity contribution < 1.29 is 18.1 Å². The van der Waals surface area contributed by atoms with Gasteiger partial charge in [-0.05, 0) is 36.4 Å². The molecule has 9 nitrogen and oxygen atoms in total. The molecule has 0 saturated heterocycles. The van der Waals surface area contributed by atoms with Crippen molar-refractivity contribution in [2.75, 3.05) is 32.5 Å². The fourth-order valence-electron chi connectivity index (χ4n) is 2.75. The molecule has 10 heteroatoms. The van der Waals surface area contributed by atoms with E-state index in [1.165, 1.54) is 21.3 Å². The Bertz CT molecular complexity index is 1000. The molecule has 1 N–H and O–H groups in total. The third kappa shape index (κ3) is 4.90. The lowest BCUT2D eigenvalue weighted by Crippen LogP contribution is -2.30. The van der Waals surface area contributed by atoms with Crippen molar-refractivity contribution in [1.29, 1.82) is 0 Å². The van der Waals surface area contributed by atoms with Crippen LogP contribution in [0, 0.1) is 10.1 Å². The lowest BCUT2D eigenvalue weighted by molar-refractivity contribution is -0.384. The van der Waals surface area contributed by atoms with Crippen LogP contribution < -0.4 is 5.32 Å². The molecule has 0 aromatic heterocycles. The highest BCUT2D eigenvalue weighted by molar-refractivity contribution is 7.89. The van der Waals surface area contributed by atoms with Crippen LogP contribution >= 0.6 is 0 Å². The van der Waals surface area contributed by atoms with Gasteiger partial charge >= 0.3 is 0 Å². The number of carbonyl (C=O) groups is 1. The molecule has 0 spiro atoms. The van der Waals surface area contributed by atoms with Crippen molar-refractivity contribution in [3.63, 3.8) is 0 Å². The van der Waals surface area contributed by atoms with Gasteiger partial charge in [0.1, 0.15) is 5.69 Å². The SMILES string of the molecule is CCN(CC)S(=O)(=O)c1ccc(Nc2ccc(C(=O)N(C)C)cc2)c([N+](=O)[O-])c1. The summed E-state index contributed by atoms with van der Waals surface area (Å²) in [5, 5.41) is 14.4. The van der Waals surface area contributed by atoms with Gasteiger partial charge in [0, 0.05) is 44.5 Å². The molecule has 0 atom stereocenters. The first-order chi connectivity index (χ1) is 13.6. The lowest BCUT2D eigenvalue weighted by Gasteiger charge is -2.18. The molecular weight excluding hydrogens is 396 g/mol. The fraction of sp³-hybridized carbons (Fsp3) is 0.316. The van der Waals surface area contributed by atoms with E-state index in [1.807, 2.05) is 0 Å². The standard InChI is InChI=1S/C19H24N4O5S/c1-5-22(6-2)29(27,28)16-11-12-17(18(13-16)23(25)26)20-15-9-7-14(8-10-15)19(24)21(3)4/h7-13,20H,5-6H2,1-4H3. The topological polar surface area (TPSA) is 113 Å². The molecule has 0 radical (unpaired) electrons. The molecule has 2 aromatic carbocycles. The first-order valence-corrected chi connectivity index (χ1v) is 10.4. The maximum Gasteiger partial charge on any atom is 0.294 e. The molecule has 156 valence electrons. The molecule has 0 heterocycles. The largest absolute Gasteiger partial charge is 0.350 e. The highest BCUT2D eigenvalue weighted by Gasteiger charge is 2.25. The van der Waals surface area contributed by atoms with Crippen LogP contribution in [-0.2, 0) is 10.0 Å². The summed E-state index contributed by atoms with van der Waals surface area (Å²) in [6.45, 7) is 3.95. The number of amides is 1. The zero-order valence-electron chi connectivity index (χ0n) is 16.7. The zero-order valence-corrected chi connectivity index (χ0v) is 17.6. The monoisotopic (exact) mass is 420 g/mol. The summed E-state index contributed by atoms with van der Waals surface area (Å²) in [7, 11) is -0.522. The summed E-state index contributed by atoms with van der Waals surface area (Å²) in [6, 6.07) is 10.2. The second kappa shape index (κ2) is 9.01. The van der Waals surface area contributed by atoms with Crippen LogP contribution in [-0.4, -0.2) is 55.6 Å². The Morgan fingerprint density at radius 1 is 1.07 bits per heavy atom. The van der Waals surface area contributed by atoms with Gasteiger partial charge in [-0.25, -0.2) is 8.42 Å². The van der Waals surface area contributed by atoms with Gasteiger partial charge in [0.25, 0.3) is 11.6 Å². The van der Waals surface area contributed by atoms with E-state index in [1.54, 1.807) is 52.2 Å². The molecule has 0 unspecified atom stereocenters. The van der Waals surface area contributed by atoms with Crippen molar-refractivity contribution in [3.8, 4) is 0 Å². The van der Waals surface area contributed by atoms with Crippen LogP contribution in [0.1, 0.15) is 24.2 Å². The first-order valence-electron chi connectivity index (χ1n) is 8.99. The zero-order chi connectivity index (χ0) is 21.8. The predicted molar refractivity (Wildman–Crippen MR) is 111 cm³/mol. The molecule has 0 saturated carbocycles. The van der Waals surface area contributed by atoms with Crippen LogP contribution in [0.4, 0.5) is 17.1 Å². The summed E-state index contributed by atoms with van der Waals surface area (Å²) in [4.78, 5) is 24.2. The third-order valence-electron chi connectivity index (χ3n) is 4.33. The predicted octanol–water partition coefficient (Wildman–Crippen LogP) is 3.07. The Kier molecular flexibility index (Phi) is 6.93. The number of nitro benzene ring substituents is 1. The minimum Gasteiger partial charge on any atom is -0.350 e. The normalized spacial score (nSPS) is 11.3. The van der Waals surface area contributed by atoms with Gasteiger partial charge in [-0.2, -0.15) is 4.31 Å². The quantitative estimate of drug-likeness (QED) is 0.519. The summed E-state index contributed by atoms with van der Waals surface area (Å²) < 4.78 is 26.5. The van der Waals surface area contributed by atoms with E-state index in [-0.39, 0.29) is 35.3 Å². The molecule has 0 aliphatic heterocycles. The van der Waals surface area contributed by atoms with E-state index in [2.05, 4.69) is 5.32 Å². The summed E-state index contributed by atoms with van der Waals surface area (Å²) >= 11 is 0. The second-order valence-electron chi connectivity index (χ2n) is 6.43. The molecule has 1 amide bonds. The van der Waals surface area contributed by atoms with Crippen LogP contribution in [0.25, 0.3) is 0 Å². The van der Waals surface area contributed by atoms with E-state index in [4.69, 9.17) is 0 Å². The summed E-state index contributed by atoms with van der Waals surface area (Å²) in [5.41, 5.74) is 0.810. The number of anilines is 2. The Labute approximate surface area is 170 Å². The number of benzene rings is 2. The molecule has 2 aromatic rings. The smallest absolute Gasteiger partial charge is 0.294 e. The van der Waals surface area contributed by atoms with Gasteiger partial charge in [-0.15, -0.1) is 0 Å². The minimum atomic E-state index is -3.81. The van der Waals surface area contributed by atoms with Crippen molar-refractivity contribution in [1.82, 2.24) is 9.21 Å². The highest BCUT2D eigenvalue weighted by Crippen LogP contribution is 2.31. The van der Waals surface area contributed by atoms with E-state index >= 15 is 0 Å². The average Bonchev–Trinajstić information content (AvgIpc) is 2.68. The number of rotatable bonds is 8. The second-order valence-corrected chi connectivity index (χ2v) is 8.37. The van der Waals surface area contributed by atoms with E-state index in [9.17, 15) is 23.3 Å². The van der Waals surface area contributed by atoms with E-state index in [0.29, 0.717) is 11.3 Å². The van der Waals surface area contributed by atoms with Gasteiger partial charge in [0.2, 0.25) is 10.0 Å². The summed E-state index contributed by atoms with van der Waals surface area (Å²) in [6.07, 6.45) is 0. The van der Waals surface area contributed by atoms with Gasteiger partial charge in [-0.3, -0.25) is 14.9 Å². The van der Waals surface area contributed by atoms with Crippen molar-refractivity contribution in [2.24, 2.45) is 0 Å². The van der Waals surface area contributed by atoms with Gasteiger partial charge in [0.15, 0.2) is 0 Å². The molecule has 29 heavy (non-hydrogen) atoms. The van der Waals surface area contributed by atoms with Gasteiger partial charge in [0.05, 0.1) is 9.82 Å². The highest BCUT2D eigenvalue weighted by atomic mass is 32.2. The summed E-state index contributed by atoms with van der Waals surface area (Å²) in [5.74, 6) is -0.159. The van der Waals surface area contributed by atoms with Crippen molar-refractivity contribution in [2.45, 2.75) is 18.7 Å². The number of hydrogen-bond acceptors (Lipinski definition) is 6. The van der Waals surface area contributed by atoms with Gasteiger partial charge < -0.3 is 10.2 Å². The van der Waals surface area contributed by atoms with Crippen LogP contribution in [0.15, 0.2) is 47.4 Å². The number of hydrogen-bond donors (Lipinski definition) is 1. The Morgan fingerprint density at radius 3 is 2.14 bits per heavy atom. The number of nitrogens with one attached hydrogen (secondary N) is 1. The minimum absolute atomic E-state index is 0.134. The van der Waals surface area contributed by atoms with E-state index in [0.717, 1.165) is 6.07 Å². The molecule has 2 rings (SSSR count). The number of sulfonamides is 1. The van der Waals surface area contributed by atoms with Crippen LogP contribution in [0.2, 0.25) is 0 Å². The third-order valence-corrected chi connectivity index (χ3v) is 6.37. The van der Waals surface area contributed by atoms with Crippen LogP contribution in [0.3, 0.4) is 0 Å². The molecular formula is C19H24N4O5S. The van der Waals surface area contributed by atoms with Crippen molar-refractivity contribution >= 4 is 33.0 Å². The van der Waals surface area contributed by atoms with Crippen molar-refractivity contribution in [3.05, 3.63) is 58.1 Å².